The predicted molar refractivity (Wildman–Crippen MR) is 82.8 cm³/mol. The molecular formula is C17H27NO2. The summed E-state index contributed by atoms with van der Waals surface area (Å²) in [6.45, 7) is 4.45. The molecule has 1 aromatic rings. The molecule has 0 spiro atoms. The molecule has 0 aliphatic heterocycles. The first-order chi connectivity index (χ1) is 9.80. The van der Waals surface area contributed by atoms with Crippen LogP contribution < -0.4 is 14.8 Å². The van der Waals surface area contributed by atoms with Crippen LogP contribution in [-0.4, -0.2) is 27.3 Å². The van der Waals surface area contributed by atoms with E-state index in [4.69, 9.17) is 9.47 Å². The summed E-state index contributed by atoms with van der Waals surface area (Å²) in [6.07, 6.45) is 5.10. The van der Waals surface area contributed by atoms with Gasteiger partial charge in [0, 0.05) is 6.07 Å². The van der Waals surface area contributed by atoms with Crippen LogP contribution in [0.5, 0.6) is 11.5 Å². The minimum atomic E-state index is 0.611. The second-order valence-corrected chi connectivity index (χ2v) is 5.61. The summed E-state index contributed by atoms with van der Waals surface area (Å²) in [5.74, 6) is 3.17. The van der Waals surface area contributed by atoms with E-state index < -0.39 is 0 Å². The first-order valence-electron chi connectivity index (χ1n) is 7.72. The number of hydrogen-bond donors (Lipinski definition) is 1. The molecule has 0 saturated heterocycles. The Kier molecular flexibility index (Phi) is 5.72. The summed E-state index contributed by atoms with van der Waals surface area (Å²) in [6, 6.07) is 6.23. The number of rotatable bonds is 7. The first-order valence-corrected chi connectivity index (χ1v) is 7.72. The van der Waals surface area contributed by atoms with Crippen LogP contribution in [0, 0.1) is 5.92 Å². The Morgan fingerprint density at radius 3 is 2.75 bits per heavy atom. The highest BCUT2D eigenvalue weighted by Gasteiger charge is 2.30. The van der Waals surface area contributed by atoms with Gasteiger partial charge in [-0.25, -0.2) is 0 Å². The summed E-state index contributed by atoms with van der Waals surface area (Å²) >= 11 is 0. The molecule has 0 aromatic heterocycles. The highest BCUT2D eigenvalue weighted by Crippen LogP contribution is 2.43. The van der Waals surface area contributed by atoms with E-state index in [9.17, 15) is 0 Å². The molecule has 0 bridgehead atoms. The van der Waals surface area contributed by atoms with Crippen LogP contribution in [0.1, 0.15) is 44.1 Å². The van der Waals surface area contributed by atoms with E-state index in [2.05, 4.69) is 18.3 Å². The molecule has 3 heteroatoms. The van der Waals surface area contributed by atoms with Gasteiger partial charge in [-0.15, -0.1) is 0 Å². The maximum absolute atomic E-state index is 5.57. The van der Waals surface area contributed by atoms with Gasteiger partial charge in [0.05, 0.1) is 14.2 Å². The summed E-state index contributed by atoms with van der Waals surface area (Å²) < 4.78 is 10.9. The average molecular weight is 277 g/mol. The van der Waals surface area contributed by atoms with Gasteiger partial charge < -0.3 is 14.8 Å². The van der Waals surface area contributed by atoms with Gasteiger partial charge in [0.1, 0.15) is 11.5 Å². The van der Waals surface area contributed by atoms with Crippen LogP contribution >= 0.6 is 0 Å². The Balaban J connectivity index is 2.12. The average Bonchev–Trinajstić information content (AvgIpc) is 2.95. The Morgan fingerprint density at radius 1 is 1.20 bits per heavy atom. The van der Waals surface area contributed by atoms with Crippen molar-refractivity contribution in [2.75, 3.05) is 27.3 Å². The van der Waals surface area contributed by atoms with Crippen molar-refractivity contribution in [2.45, 2.75) is 38.5 Å². The predicted octanol–water partition coefficient (Wildman–Crippen LogP) is 3.59. The SMILES string of the molecule is CCCNCC1CCCC1c1ccc(OC)cc1OC. The fourth-order valence-corrected chi connectivity index (χ4v) is 3.28. The molecule has 0 amide bonds. The van der Waals surface area contributed by atoms with Crippen LogP contribution in [0.4, 0.5) is 0 Å². The molecule has 2 unspecified atom stereocenters. The van der Waals surface area contributed by atoms with E-state index in [0.29, 0.717) is 5.92 Å². The third-order valence-corrected chi connectivity index (χ3v) is 4.33. The van der Waals surface area contributed by atoms with Crippen molar-refractivity contribution in [1.82, 2.24) is 5.32 Å². The summed E-state index contributed by atoms with van der Waals surface area (Å²) in [5, 5.41) is 3.57. The van der Waals surface area contributed by atoms with E-state index >= 15 is 0 Å². The number of nitrogens with one attached hydrogen (secondary N) is 1. The smallest absolute Gasteiger partial charge is 0.126 e. The molecular weight excluding hydrogens is 250 g/mol. The van der Waals surface area contributed by atoms with Crippen molar-refractivity contribution >= 4 is 0 Å². The molecule has 1 saturated carbocycles. The lowest BCUT2D eigenvalue weighted by atomic mass is 9.88. The van der Waals surface area contributed by atoms with Gasteiger partial charge in [0.2, 0.25) is 0 Å². The molecule has 1 N–H and O–H groups in total. The minimum absolute atomic E-state index is 0.611. The maximum atomic E-state index is 5.57. The van der Waals surface area contributed by atoms with Crippen molar-refractivity contribution in [2.24, 2.45) is 5.92 Å². The monoisotopic (exact) mass is 277 g/mol. The van der Waals surface area contributed by atoms with Gasteiger partial charge in [-0.2, -0.15) is 0 Å². The van der Waals surface area contributed by atoms with Gasteiger partial charge in [-0.1, -0.05) is 19.4 Å². The van der Waals surface area contributed by atoms with Gasteiger partial charge in [-0.05, 0) is 55.8 Å². The van der Waals surface area contributed by atoms with Crippen molar-refractivity contribution in [3.63, 3.8) is 0 Å². The fraction of sp³-hybridized carbons (Fsp3) is 0.647. The van der Waals surface area contributed by atoms with E-state index in [0.717, 1.165) is 30.5 Å². The lowest BCUT2D eigenvalue weighted by molar-refractivity contribution is 0.378. The van der Waals surface area contributed by atoms with Crippen LogP contribution in [-0.2, 0) is 0 Å². The third kappa shape index (κ3) is 3.45. The van der Waals surface area contributed by atoms with Gasteiger partial charge in [0.25, 0.3) is 0 Å². The summed E-state index contributed by atoms with van der Waals surface area (Å²) in [5.41, 5.74) is 1.34. The highest BCUT2D eigenvalue weighted by atomic mass is 16.5. The Bertz CT molecular complexity index is 419. The second-order valence-electron chi connectivity index (χ2n) is 5.61. The molecule has 0 radical (unpaired) electrons. The van der Waals surface area contributed by atoms with Crippen molar-refractivity contribution in [1.29, 1.82) is 0 Å². The maximum Gasteiger partial charge on any atom is 0.126 e. The molecule has 3 nitrogen and oxygen atoms in total. The van der Waals surface area contributed by atoms with Crippen LogP contribution in [0.2, 0.25) is 0 Å². The summed E-state index contributed by atoms with van der Waals surface area (Å²) in [4.78, 5) is 0. The summed E-state index contributed by atoms with van der Waals surface area (Å²) in [7, 11) is 3.44. The van der Waals surface area contributed by atoms with E-state index in [1.807, 2.05) is 12.1 Å². The van der Waals surface area contributed by atoms with Gasteiger partial charge in [0.15, 0.2) is 0 Å². The normalized spacial score (nSPS) is 21.9. The zero-order chi connectivity index (χ0) is 14.4. The topological polar surface area (TPSA) is 30.5 Å². The van der Waals surface area contributed by atoms with E-state index in [-0.39, 0.29) is 0 Å². The van der Waals surface area contributed by atoms with Crippen LogP contribution in [0.25, 0.3) is 0 Å². The van der Waals surface area contributed by atoms with E-state index in [1.165, 1.54) is 31.2 Å². The van der Waals surface area contributed by atoms with Gasteiger partial charge in [-0.3, -0.25) is 0 Å². The van der Waals surface area contributed by atoms with Crippen LogP contribution in [0.15, 0.2) is 18.2 Å². The first kappa shape index (κ1) is 15.2. The quantitative estimate of drug-likeness (QED) is 0.773. The second kappa shape index (κ2) is 7.53. The molecule has 2 rings (SSSR count). The lowest BCUT2D eigenvalue weighted by Crippen LogP contribution is -2.25. The molecule has 1 fully saturated rings. The molecule has 1 aliphatic rings. The molecule has 112 valence electrons. The zero-order valence-corrected chi connectivity index (χ0v) is 12.9. The molecule has 1 aromatic carbocycles. The van der Waals surface area contributed by atoms with E-state index in [1.54, 1.807) is 14.2 Å². The molecule has 2 atom stereocenters. The van der Waals surface area contributed by atoms with Crippen molar-refractivity contribution in [3.8, 4) is 11.5 Å². The number of benzene rings is 1. The number of methoxy groups -OCH3 is 2. The Hall–Kier alpha value is -1.22. The fourth-order valence-electron chi connectivity index (χ4n) is 3.28. The minimum Gasteiger partial charge on any atom is -0.497 e. The zero-order valence-electron chi connectivity index (χ0n) is 12.9. The van der Waals surface area contributed by atoms with Crippen molar-refractivity contribution < 1.29 is 9.47 Å². The number of ether oxygens (including phenoxy) is 2. The third-order valence-electron chi connectivity index (χ3n) is 4.33. The molecule has 1 aliphatic carbocycles. The largest absolute Gasteiger partial charge is 0.497 e. The molecule has 20 heavy (non-hydrogen) atoms. The number of hydrogen-bond acceptors (Lipinski definition) is 3. The Labute approximate surface area is 122 Å². The lowest BCUT2D eigenvalue weighted by Gasteiger charge is -2.22. The van der Waals surface area contributed by atoms with Crippen molar-refractivity contribution in [3.05, 3.63) is 23.8 Å². The standard InChI is InChI=1S/C17H27NO2/c1-4-10-18-12-13-6-5-7-15(13)16-9-8-14(19-2)11-17(16)20-3/h8-9,11,13,15,18H,4-7,10,12H2,1-3H3. The Morgan fingerprint density at radius 2 is 2.05 bits per heavy atom. The molecule has 0 heterocycles. The van der Waals surface area contributed by atoms with Crippen LogP contribution in [0.3, 0.4) is 0 Å². The van der Waals surface area contributed by atoms with Gasteiger partial charge >= 0.3 is 0 Å². The highest BCUT2D eigenvalue weighted by molar-refractivity contribution is 5.43.